The van der Waals surface area contributed by atoms with Gasteiger partial charge in [-0.15, -0.1) is 0 Å². The van der Waals surface area contributed by atoms with E-state index in [4.69, 9.17) is 9.47 Å². The molecule has 0 spiro atoms. The Labute approximate surface area is 290 Å². The summed E-state index contributed by atoms with van der Waals surface area (Å²) in [6.45, 7) is 4.25. The van der Waals surface area contributed by atoms with Crippen LogP contribution < -0.4 is 10.6 Å². The fraction of sp³-hybridized carbons (Fsp3) is 0.366. The van der Waals surface area contributed by atoms with Gasteiger partial charge in [0, 0.05) is 51.5 Å². The highest BCUT2D eigenvalue weighted by Gasteiger charge is 2.32. The molecule has 4 aromatic carbocycles. The van der Waals surface area contributed by atoms with Crippen molar-refractivity contribution in [2.24, 2.45) is 0 Å². The molecule has 1 heterocycles. The van der Waals surface area contributed by atoms with Crippen LogP contribution in [0.15, 0.2) is 103 Å². The number of aliphatic hydroxyl groups is 1. The Morgan fingerprint density at radius 1 is 0.776 bits per heavy atom. The van der Waals surface area contributed by atoms with Gasteiger partial charge in [-0.05, 0) is 59.3 Å². The van der Waals surface area contributed by atoms with Crippen LogP contribution in [-0.4, -0.2) is 48.1 Å². The average molecular weight is 664 g/mol. The first-order valence-electron chi connectivity index (χ1n) is 17.3. The van der Waals surface area contributed by atoms with Crippen molar-refractivity contribution < 1.29 is 24.2 Å². The second-order valence-electron chi connectivity index (χ2n) is 12.9. The first-order chi connectivity index (χ1) is 23.9. The third kappa shape index (κ3) is 11.4. The number of amides is 2. The highest BCUT2D eigenvalue weighted by Crippen LogP contribution is 2.38. The number of carbonyl (C=O) groups is 2. The maximum atomic E-state index is 12.4. The highest BCUT2D eigenvalue weighted by atomic mass is 16.7. The second kappa shape index (κ2) is 18.4. The SMILES string of the molecule is CC(=O)NCCCCCC(=O)NCc1cccc(-c2ccc(C3OC(CN(C)Cc4ccccc4)CC(c4ccc(CO)cc4)O3)cc2)c1. The molecule has 8 heteroatoms. The van der Waals surface area contributed by atoms with E-state index in [0.717, 1.165) is 72.2 Å². The number of benzene rings is 4. The minimum Gasteiger partial charge on any atom is -0.392 e. The molecule has 0 bridgehead atoms. The Hall–Kier alpha value is -4.34. The maximum Gasteiger partial charge on any atom is 0.220 e. The monoisotopic (exact) mass is 663 g/mol. The molecule has 3 N–H and O–H groups in total. The standard InChI is InChI=1S/C41H49N3O5/c1-30(46)42-23-8-4-7-14-40(47)43-26-33-12-9-13-37(24-33)34-19-21-36(22-20-34)41-48-38(28-44(2)27-31-10-5-3-6-11-31)25-39(49-41)35-17-15-32(29-45)16-18-35/h3,5-6,9-13,15-22,24,38-39,41,45H,4,7-8,14,23,25-29H2,1-2H3,(H,42,46)(H,43,47). The lowest BCUT2D eigenvalue weighted by Crippen LogP contribution is -2.37. The number of likely N-dealkylation sites (N-methyl/N-ethyl adjacent to an activating group) is 1. The van der Waals surface area contributed by atoms with Crippen LogP contribution >= 0.6 is 0 Å². The first-order valence-corrected chi connectivity index (χ1v) is 17.3. The van der Waals surface area contributed by atoms with E-state index in [1.54, 1.807) is 0 Å². The largest absolute Gasteiger partial charge is 0.392 e. The van der Waals surface area contributed by atoms with Crippen LogP contribution in [0.4, 0.5) is 0 Å². The summed E-state index contributed by atoms with van der Waals surface area (Å²) < 4.78 is 13.2. The zero-order valence-corrected chi connectivity index (χ0v) is 28.6. The molecule has 0 radical (unpaired) electrons. The van der Waals surface area contributed by atoms with Gasteiger partial charge in [0.25, 0.3) is 0 Å². The summed E-state index contributed by atoms with van der Waals surface area (Å²) in [4.78, 5) is 25.6. The lowest BCUT2D eigenvalue weighted by atomic mass is 9.99. The molecule has 8 nitrogen and oxygen atoms in total. The molecule has 2 amide bonds. The van der Waals surface area contributed by atoms with Crippen molar-refractivity contribution in [3.8, 4) is 11.1 Å². The lowest BCUT2D eigenvalue weighted by molar-refractivity contribution is -0.252. The molecule has 1 saturated heterocycles. The predicted molar refractivity (Wildman–Crippen MR) is 192 cm³/mol. The van der Waals surface area contributed by atoms with Gasteiger partial charge in [-0.1, -0.05) is 103 Å². The minimum atomic E-state index is -0.521. The fourth-order valence-electron chi connectivity index (χ4n) is 6.17. The molecular weight excluding hydrogens is 614 g/mol. The van der Waals surface area contributed by atoms with Gasteiger partial charge in [-0.3, -0.25) is 14.5 Å². The molecule has 0 saturated carbocycles. The van der Waals surface area contributed by atoms with Crippen LogP contribution in [0.2, 0.25) is 0 Å². The van der Waals surface area contributed by atoms with Crippen molar-refractivity contribution in [2.45, 2.75) is 77.2 Å². The Kier molecular flexibility index (Phi) is 13.5. The van der Waals surface area contributed by atoms with Crippen molar-refractivity contribution >= 4 is 11.8 Å². The van der Waals surface area contributed by atoms with Gasteiger partial charge in [0.2, 0.25) is 11.8 Å². The summed E-state index contributed by atoms with van der Waals surface area (Å²) in [5.41, 5.74) is 7.35. The van der Waals surface area contributed by atoms with Crippen molar-refractivity contribution in [3.05, 3.63) is 131 Å². The fourth-order valence-corrected chi connectivity index (χ4v) is 6.17. The average Bonchev–Trinajstić information content (AvgIpc) is 3.12. The maximum absolute atomic E-state index is 12.4. The summed E-state index contributed by atoms with van der Waals surface area (Å²) in [5, 5.41) is 15.4. The van der Waals surface area contributed by atoms with Gasteiger partial charge in [0.05, 0.1) is 18.8 Å². The minimum absolute atomic E-state index is 0.0113. The van der Waals surface area contributed by atoms with E-state index in [-0.39, 0.29) is 30.6 Å². The van der Waals surface area contributed by atoms with Crippen molar-refractivity contribution in [2.75, 3.05) is 20.1 Å². The van der Waals surface area contributed by atoms with Crippen LogP contribution in [0.3, 0.4) is 0 Å². The zero-order chi connectivity index (χ0) is 34.4. The van der Waals surface area contributed by atoms with E-state index in [1.807, 2.05) is 42.5 Å². The summed E-state index contributed by atoms with van der Waals surface area (Å²) in [7, 11) is 2.12. The number of hydrogen-bond acceptors (Lipinski definition) is 6. The quantitative estimate of drug-likeness (QED) is 0.114. The number of aliphatic hydroxyl groups excluding tert-OH is 1. The third-order valence-electron chi connectivity index (χ3n) is 8.81. The summed E-state index contributed by atoms with van der Waals surface area (Å²) >= 11 is 0. The molecule has 258 valence electrons. The second-order valence-corrected chi connectivity index (χ2v) is 12.9. The van der Waals surface area contributed by atoms with Gasteiger partial charge in [0.15, 0.2) is 6.29 Å². The molecule has 0 aromatic heterocycles. The number of ether oxygens (including phenoxy) is 2. The summed E-state index contributed by atoms with van der Waals surface area (Å²) in [6.07, 6.45) is 3.09. The highest BCUT2D eigenvalue weighted by molar-refractivity contribution is 5.76. The van der Waals surface area contributed by atoms with Gasteiger partial charge in [0.1, 0.15) is 0 Å². The van der Waals surface area contributed by atoms with Crippen LogP contribution in [-0.2, 0) is 38.8 Å². The van der Waals surface area contributed by atoms with E-state index in [0.29, 0.717) is 19.5 Å². The van der Waals surface area contributed by atoms with Gasteiger partial charge in [-0.25, -0.2) is 0 Å². The first kappa shape index (κ1) is 36.0. The van der Waals surface area contributed by atoms with Crippen molar-refractivity contribution in [3.63, 3.8) is 0 Å². The molecular formula is C41H49N3O5. The Bertz CT molecular complexity index is 1610. The topological polar surface area (TPSA) is 100 Å². The van der Waals surface area contributed by atoms with Gasteiger partial charge < -0.3 is 25.2 Å². The smallest absolute Gasteiger partial charge is 0.220 e. The Balaban J connectivity index is 1.20. The number of hydrogen-bond donors (Lipinski definition) is 3. The summed E-state index contributed by atoms with van der Waals surface area (Å²) in [5.74, 6) is 0.0140. The Morgan fingerprint density at radius 3 is 2.24 bits per heavy atom. The van der Waals surface area contributed by atoms with Crippen LogP contribution in [0.1, 0.15) is 79.2 Å². The van der Waals surface area contributed by atoms with Crippen LogP contribution in [0.25, 0.3) is 11.1 Å². The van der Waals surface area contributed by atoms with Crippen LogP contribution in [0, 0.1) is 0 Å². The lowest BCUT2D eigenvalue weighted by Gasteiger charge is -2.38. The molecule has 5 rings (SSSR count). The molecule has 1 aliphatic heterocycles. The molecule has 1 aliphatic rings. The number of rotatable bonds is 16. The molecule has 3 unspecified atom stereocenters. The number of nitrogens with zero attached hydrogens (tertiary/aromatic N) is 1. The number of unbranched alkanes of at least 4 members (excludes halogenated alkanes) is 2. The Morgan fingerprint density at radius 2 is 1.51 bits per heavy atom. The summed E-state index contributed by atoms with van der Waals surface area (Å²) in [6, 6.07) is 35.0. The zero-order valence-electron chi connectivity index (χ0n) is 28.6. The van der Waals surface area contributed by atoms with Crippen molar-refractivity contribution in [1.29, 1.82) is 0 Å². The van der Waals surface area contributed by atoms with Gasteiger partial charge in [-0.2, -0.15) is 0 Å². The number of nitrogens with one attached hydrogen (secondary N) is 2. The third-order valence-corrected chi connectivity index (χ3v) is 8.81. The molecule has 1 fully saturated rings. The van der Waals surface area contributed by atoms with E-state index in [9.17, 15) is 14.7 Å². The van der Waals surface area contributed by atoms with E-state index < -0.39 is 6.29 Å². The van der Waals surface area contributed by atoms with E-state index in [1.165, 1.54) is 12.5 Å². The normalized spacial score (nSPS) is 17.5. The van der Waals surface area contributed by atoms with Gasteiger partial charge >= 0.3 is 0 Å². The van der Waals surface area contributed by atoms with E-state index in [2.05, 4.69) is 83.2 Å². The van der Waals surface area contributed by atoms with Crippen LogP contribution in [0.5, 0.6) is 0 Å². The molecule has 4 aromatic rings. The van der Waals surface area contributed by atoms with Crippen molar-refractivity contribution in [1.82, 2.24) is 15.5 Å². The molecule has 49 heavy (non-hydrogen) atoms. The molecule has 0 aliphatic carbocycles. The number of carbonyl (C=O) groups excluding carboxylic acids is 2. The predicted octanol–water partition coefficient (Wildman–Crippen LogP) is 6.84. The molecule has 3 atom stereocenters. The van der Waals surface area contributed by atoms with E-state index >= 15 is 0 Å².